The second kappa shape index (κ2) is 6.97. The third kappa shape index (κ3) is 3.22. The summed E-state index contributed by atoms with van der Waals surface area (Å²) in [7, 11) is -1.29. The van der Waals surface area contributed by atoms with Gasteiger partial charge in [-0.05, 0) is 39.7 Å². The molecule has 4 rings (SSSR count). The van der Waals surface area contributed by atoms with Gasteiger partial charge in [0.2, 0.25) is 21.7 Å². The largest absolute Gasteiger partial charge is 0.339 e. The maximum absolute atomic E-state index is 12.3. The highest BCUT2D eigenvalue weighted by molar-refractivity contribution is 7.89. The maximum atomic E-state index is 12.3. The van der Waals surface area contributed by atoms with Gasteiger partial charge in [0.25, 0.3) is 0 Å². The van der Waals surface area contributed by atoms with Gasteiger partial charge in [-0.15, -0.1) is 0 Å². The lowest BCUT2D eigenvalue weighted by atomic mass is 9.98. The summed E-state index contributed by atoms with van der Waals surface area (Å²) in [6.07, 6.45) is 1.38. The zero-order chi connectivity index (χ0) is 20.1. The molecule has 0 amide bonds. The van der Waals surface area contributed by atoms with E-state index >= 15 is 0 Å². The van der Waals surface area contributed by atoms with Crippen LogP contribution in [0, 0.1) is 6.92 Å². The number of nitrogens with zero attached hydrogens (tertiary/aromatic N) is 5. The van der Waals surface area contributed by atoms with Crippen molar-refractivity contribution in [1.29, 1.82) is 0 Å². The van der Waals surface area contributed by atoms with Crippen molar-refractivity contribution in [2.24, 2.45) is 7.05 Å². The fraction of sp³-hybridized carbons (Fsp3) is 0.526. The molecule has 9 heteroatoms. The molecule has 3 heterocycles. The van der Waals surface area contributed by atoms with Crippen molar-refractivity contribution in [3.05, 3.63) is 29.8 Å². The van der Waals surface area contributed by atoms with Crippen molar-refractivity contribution >= 4 is 20.9 Å². The molecule has 0 spiro atoms. The van der Waals surface area contributed by atoms with Crippen LogP contribution in [0.1, 0.15) is 44.2 Å². The van der Waals surface area contributed by atoms with Crippen molar-refractivity contribution in [1.82, 2.24) is 24.2 Å². The summed E-state index contributed by atoms with van der Waals surface area (Å²) in [4.78, 5) is 4.59. The molecule has 28 heavy (non-hydrogen) atoms. The van der Waals surface area contributed by atoms with Crippen molar-refractivity contribution in [2.45, 2.75) is 44.8 Å². The Morgan fingerprint density at radius 2 is 1.93 bits per heavy atom. The normalized spacial score (nSPS) is 17.0. The SMILES string of the molecule is Cc1nn(C)c2cc(-c3noc(C4CCN(S(=O)(=O)C(C)C)CC4)n3)ccc12. The Bertz CT molecular complexity index is 1110. The van der Waals surface area contributed by atoms with Gasteiger partial charge in [0.1, 0.15) is 0 Å². The third-order valence-electron chi connectivity index (χ3n) is 5.49. The number of sulfonamides is 1. The highest BCUT2D eigenvalue weighted by Crippen LogP contribution is 2.31. The van der Waals surface area contributed by atoms with Gasteiger partial charge in [-0.25, -0.2) is 12.7 Å². The highest BCUT2D eigenvalue weighted by atomic mass is 32.2. The van der Waals surface area contributed by atoms with Gasteiger partial charge >= 0.3 is 0 Å². The van der Waals surface area contributed by atoms with Gasteiger partial charge in [0, 0.05) is 37.0 Å². The summed E-state index contributed by atoms with van der Waals surface area (Å²) in [5, 5.41) is 9.30. The predicted octanol–water partition coefficient (Wildman–Crippen LogP) is 2.85. The molecule has 0 unspecified atom stereocenters. The quantitative estimate of drug-likeness (QED) is 0.665. The van der Waals surface area contributed by atoms with Crippen LogP contribution in [0.3, 0.4) is 0 Å². The number of rotatable bonds is 4. The molecular formula is C19H25N5O3S. The van der Waals surface area contributed by atoms with Gasteiger partial charge in [-0.1, -0.05) is 17.3 Å². The van der Waals surface area contributed by atoms with Crippen molar-refractivity contribution in [3.8, 4) is 11.4 Å². The van der Waals surface area contributed by atoms with E-state index in [4.69, 9.17) is 4.52 Å². The molecule has 0 saturated carbocycles. The minimum absolute atomic E-state index is 0.0857. The lowest BCUT2D eigenvalue weighted by molar-refractivity contribution is 0.269. The number of fused-ring (bicyclic) bond motifs is 1. The summed E-state index contributed by atoms with van der Waals surface area (Å²) in [6, 6.07) is 6.02. The Morgan fingerprint density at radius 1 is 1.21 bits per heavy atom. The van der Waals surface area contributed by atoms with Crippen LogP contribution in [0.15, 0.2) is 22.7 Å². The molecule has 0 radical (unpaired) electrons. The van der Waals surface area contributed by atoms with Crippen LogP contribution >= 0.6 is 0 Å². The Hall–Kier alpha value is -2.26. The fourth-order valence-corrected chi connectivity index (χ4v) is 5.07. The minimum atomic E-state index is -3.21. The number of hydrogen-bond donors (Lipinski definition) is 0. The number of piperidine rings is 1. The molecule has 2 aromatic heterocycles. The smallest absolute Gasteiger partial charge is 0.230 e. The topological polar surface area (TPSA) is 94.1 Å². The van der Waals surface area contributed by atoms with E-state index in [0.717, 1.165) is 22.2 Å². The average Bonchev–Trinajstić information content (AvgIpc) is 3.27. The first-order chi connectivity index (χ1) is 13.3. The number of aryl methyl sites for hydroxylation is 2. The van der Waals surface area contributed by atoms with Crippen LogP contribution in [-0.4, -0.2) is 51.0 Å². The first kappa shape index (κ1) is 19.1. The standard InChI is InChI=1S/C19H25N5O3S/c1-12(2)28(25,26)24-9-7-14(8-10-24)19-20-18(22-27-19)15-5-6-16-13(3)21-23(4)17(16)11-15/h5-6,11-12,14H,7-10H2,1-4H3. The molecule has 0 N–H and O–H groups in total. The monoisotopic (exact) mass is 403 g/mol. The van der Waals surface area contributed by atoms with E-state index in [1.54, 1.807) is 18.2 Å². The highest BCUT2D eigenvalue weighted by Gasteiger charge is 2.32. The molecule has 150 valence electrons. The maximum Gasteiger partial charge on any atom is 0.230 e. The number of benzene rings is 1. The Morgan fingerprint density at radius 3 is 2.61 bits per heavy atom. The van der Waals surface area contributed by atoms with Crippen molar-refractivity contribution in [3.63, 3.8) is 0 Å². The van der Waals surface area contributed by atoms with Crippen LogP contribution in [0.2, 0.25) is 0 Å². The molecule has 0 bridgehead atoms. The van der Waals surface area contributed by atoms with Gasteiger partial charge in [-0.3, -0.25) is 4.68 Å². The van der Waals surface area contributed by atoms with Gasteiger partial charge in [0.15, 0.2) is 0 Å². The van der Waals surface area contributed by atoms with E-state index in [0.29, 0.717) is 37.6 Å². The average molecular weight is 404 g/mol. The van der Waals surface area contributed by atoms with Gasteiger partial charge in [0.05, 0.1) is 16.5 Å². The molecule has 0 atom stereocenters. The van der Waals surface area contributed by atoms with Crippen molar-refractivity contribution in [2.75, 3.05) is 13.1 Å². The lowest BCUT2D eigenvalue weighted by Crippen LogP contribution is -2.41. The molecule has 8 nitrogen and oxygen atoms in total. The van der Waals surface area contributed by atoms with E-state index in [1.165, 1.54) is 0 Å². The van der Waals surface area contributed by atoms with E-state index in [-0.39, 0.29) is 5.92 Å². The van der Waals surface area contributed by atoms with E-state index < -0.39 is 15.3 Å². The Balaban J connectivity index is 1.52. The Kier molecular flexibility index (Phi) is 4.75. The lowest BCUT2D eigenvalue weighted by Gasteiger charge is -2.30. The Labute approximate surface area is 164 Å². The molecule has 1 aromatic carbocycles. The van der Waals surface area contributed by atoms with Crippen LogP contribution in [0.25, 0.3) is 22.3 Å². The minimum Gasteiger partial charge on any atom is -0.339 e. The molecule has 0 aliphatic carbocycles. The summed E-state index contributed by atoms with van der Waals surface area (Å²) in [5.74, 6) is 1.22. The van der Waals surface area contributed by atoms with E-state index in [9.17, 15) is 8.42 Å². The molecule has 3 aromatic rings. The van der Waals surface area contributed by atoms with Gasteiger partial charge in [-0.2, -0.15) is 10.1 Å². The van der Waals surface area contributed by atoms with Crippen LogP contribution < -0.4 is 0 Å². The first-order valence-corrected chi connectivity index (χ1v) is 11.0. The zero-order valence-corrected chi connectivity index (χ0v) is 17.4. The zero-order valence-electron chi connectivity index (χ0n) is 16.6. The third-order valence-corrected chi connectivity index (χ3v) is 7.77. The van der Waals surface area contributed by atoms with Crippen molar-refractivity contribution < 1.29 is 12.9 Å². The first-order valence-electron chi connectivity index (χ1n) is 9.53. The predicted molar refractivity (Wildman–Crippen MR) is 106 cm³/mol. The van der Waals surface area contributed by atoms with Crippen LogP contribution in [0.5, 0.6) is 0 Å². The molecule has 1 aliphatic rings. The van der Waals surface area contributed by atoms with E-state index in [1.807, 2.05) is 36.9 Å². The summed E-state index contributed by atoms with van der Waals surface area (Å²) < 4.78 is 33.6. The number of hydrogen-bond acceptors (Lipinski definition) is 6. The second-order valence-electron chi connectivity index (χ2n) is 7.66. The van der Waals surface area contributed by atoms with Crippen LogP contribution in [-0.2, 0) is 17.1 Å². The molecule has 1 fully saturated rings. The molecule has 1 aliphatic heterocycles. The second-order valence-corrected chi connectivity index (χ2v) is 10.2. The number of aromatic nitrogens is 4. The fourth-order valence-electron chi connectivity index (χ4n) is 3.75. The summed E-state index contributed by atoms with van der Waals surface area (Å²) in [6.45, 7) is 6.39. The summed E-state index contributed by atoms with van der Waals surface area (Å²) in [5.41, 5.74) is 2.89. The van der Waals surface area contributed by atoms with Crippen LogP contribution in [0.4, 0.5) is 0 Å². The van der Waals surface area contributed by atoms with E-state index in [2.05, 4.69) is 15.2 Å². The summed E-state index contributed by atoms with van der Waals surface area (Å²) >= 11 is 0. The molecular weight excluding hydrogens is 378 g/mol. The van der Waals surface area contributed by atoms with Gasteiger partial charge < -0.3 is 4.52 Å². The molecule has 1 saturated heterocycles.